The number of hydrogen-bond acceptors (Lipinski definition) is 4. The molecule has 0 saturated carbocycles. The summed E-state index contributed by atoms with van der Waals surface area (Å²) in [6.07, 6.45) is -0.457. The van der Waals surface area contributed by atoms with Gasteiger partial charge in [-0.15, -0.1) is 0 Å². The van der Waals surface area contributed by atoms with Crippen LogP contribution in [-0.4, -0.2) is 23.7 Å². The van der Waals surface area contributed by atoms with Gasteiger partial charge in [0.05, 0.1) is 17.3 Å². The fourth-order valence-corrected chi connectivity index (χ4v) is 1.91. The molecule has 0 saturated heterocycles. The molecule has 0 spiro atoms. The number of hydrogen-bond donors (Lipinski definition) is 0. The van der Waals surface area contributed by atoms with Crippen LogP contribution in [0.25, 0.3) is 11.3 Å². The van der Waals surface area contributed by atoms with Gasteiger partial charge in [0.25, 0.3) is 0 Å². The summed E-state index contributed by atoms with van der Waals surface area (Å²) in [6, 6.07) is 14.7. The van der Waals surface area contributed by atoms with E-state index in [0.717, 1.165) is 11.3 Å². The molecule has 5 nitrogen and oxygen atoms in total. The molecule has 0 unspecified atom stereocenters. The monoisotopic (exact) mass is 309 g/mol. The van der Waals surface area contributed by atoms with Crippen LogP contribution in [0.1, 0.15) is 26.3 Å². The zero-order valence-electron chi connectivity index (χ0n) is 13.7. The first-order chi connectivity index (χ1) is 10.8. The topological polar surface area (TPSA) is 66.2 Å². The second-order valence-electron chi connectivity index (χ2n) is 6.11. The minimum absolute atomic E-state index is 0.457. The van der Waals surface area contributed by atoms with Crippen molar-refractivity contribution in [2.24, 2.45) is 0 Å². The highest BCUT2D eigenvalue weighted by Gasteiger charge is 2.21. The number of anilines is 1. The molecule has 2 rings (SSSR count). The average Bonchev–Trinajstić information content (AvgIpc) is 2.52. The molecule has 0 aliphatic rings. The van der Waals surface area contributed by atoms with Crippen LogP contribution < -0.4 is 4.90 Å². The van der Waals surface area contributed by atoms with Gasteiger partial charge in [0.15, 0.2) is 0 Å². The van der Waals surface area contributed by atoms with Crippen molar-refractivity contribution < 1.29 is 9.53 Å². The molecule has 23 heavy (non-hydrogen) atoms. The van der Waals surface area contributed by atoms with E-state index in [4.69, 9.17) is 10.00 Å². The molecule has 0 aliphatic carbocycles. The van der Waals surface area contributed by atoms with Crippen molar-refractivity contribution in [2.75, 3.05) is 11.9 Å². The Bertz CT molecular complexity index is 740. The Hall–Kier alpha value is -2.87. The first-order valence-corrected chi connectivity index (χ1v) is 7.24. The Morgan fingerprint density at radius 3 is 2.39 bits per heavy atom. The lowest BCUT2D eigenvalue weighted by atomic mass is 10.1. The van der Waals surface area contributed by atoms with Crippen LogP contribution in [0.15, 0.2) is 42.5 Å². The van der Waals surface area contributed by atoms with Crippen molar-refractivity contribution in [2.45, 2.75) is 26.4 Å². The lowest BCUT2D eigenvalue weighted by molar-refractivity contribution is 0.0588. The van der Waals surface area contributed by atoms with Gasteiger partial charge in [0.1, 0.15) is 11.4 Å². The van der Waals surface area contributed by atoms with E-state index in [9.17, 15) is 4.79 Å². The summed E-state index contributed by atoms with van der Waals surface area (Å²) >= 11 is 0. The SMILES string of the molecule is CN(C(=O)OC(C)(C)C)c1cccc(-c2ccc(C#N)cc2)n1. The van der Waals surface area contributed by atoms with E-state index in [0.29, 0.717) is 11.4 Å². The van der Waals surface area contributed by atoms with Gasteiger partial charge in [-0.2, -0.15) is 5.26 Å². The highest BCUT2D eigenvalue weighted by atomic mass is 16.6. The van der Waals surface area contributed by atoms with Crippen LogP contribution in [-0.2, 0) is 4.74 Å². The Labute approximate surface area is 136 Å². The molecule has 1 amide bonds. The smallest absolute Gasteiger partial charge is 0.415 e. The van der Waals surface area contributed by atoms with Gasteiger partial charge in [-0.25, -0.2) is 9.78 Å². The maximum atomic E-state index is 12.1. The first-order valence-electron chi connectivity index (χ1n) is 7.24. The second-order valence-corrected chi connectivity index (χ2v) is 6.11. The zero-order chi connectivity index (χ0) is 17.0. The highest BCUT2D eigenvalue weighted by molar-refractivity contribution is 5.86. The summed E-state index contributed by atoms with van der Waals surface area (Å²) in [5.41, 5.74) is 1.64. The standard InChI is InChI=1S/C18H19N3O2/c1-18(2,3)23-17(22)21(4)16-7-5-6-15(20-16)14-10-8-13(12-19)9-11-14/h5-11H,1-4H3. The molecule has 1 aromatic carbocycles. The van der Waals surface area contributed by atoms with Crippen LogP contribution >= 0.6 is 0 Å². The Morgan fingerprint density at radius 1 is 1.17 bits per heavy atom. The van der Waals surface area contributed by atoms with Crippen LogP contribution in [0.3, 0.4) is 0 Å². The third-order valence-corrected chi connectivity index (χ3v) is 3.06. The molecule has 0 radical (unpaired) electrons. The quantitative estimate of drug-likeness (QED) is 0.841. The van der Waals surface area contributed by atoms with E-state index in [1.807, 2.05) is 45.0 Å². The van der Waals surface area contributed by atoms with Gasteiger partial charge in [0.2, 0.25) is 0 Å². The van der Waals surface area contributed by atoms with E-state index in [2.05, 4.69) is 11.1 Å². The number of pyridine rings is 1. The number of amides is 1. The van der Waals surface area contributed by atoms with Crippen molar-refractivity contribution in [3.05, 3.63) is 48.0 Å². The number of ether oxygens (including phenoxy) is 1. The normalized spacial score (nSPS) is 10.7. The Morgan fingerprint density at radius 2 is 1.83 bits per heavy atom. The average molecular weight is 309 g/mol. The number of carbonyl (C=O) groups excluding carboxylic acids is 1. The first kappa shape index (κ1) is 16.5. The molecule has 2 aromatic rings. The summed E-state index contributed by atoms with van der Waals surface area (Å²) in [5, 5.41) is 8.85. The number of carbonyl (C=O) groups is 1. The fraction of sp³-hybridized carbons (Fsp3) is 0.278. The van der Waals surface area contributed by atoms with Crippen LogP contribution in [0.2, 0.25) is 0 Å². The maximum Gasteiger partial charge on any atom is 0.415 e. The Kier molecular flexibility index (Phi) is 4.65. The zero-order valence-corrected chi connectivity index (χ0v) is 13.7. The van der Waals surface area contributed by atoms with Crippen molar-refractivity contribution >= 4 is 11.9 Å². The van der Waals surface area contributed by atoms with E-state index < -0.39 is 11.7 Å². The lowest BCUT2D eigenvalue weighted by Gasteiger charge is -2.24. The third-order valence-electron chi connectivity index (χ3n) is 3.06. The van der Waals surface area contributed by atoms with E-state index in [1.54, 1.807) is 25.2 Å². The number of nitriles is 1. The number of nitrogens with zero attached hydrogens (tertiary/aromatic N) is 3. The van der Waals surface area contributed by atoms with E-state index >= 15 is 0 Å². The van der Waals surface area contributed by atoms with Gasteiger partial charge in [0, 0.05) is 12.6 Å². The number of benzene rings is 1. The maximum absolute atomic E-state index is 12.1. The van der Waals surface area contributed by atoms with Crippen LogP contribution in [0, 0.1) is 11.3 Å². The molecule has 1 heterocycles. The predicted octanol–water partition coefficient (Wildman–Crippen LogP) is 3.99. The molecular formula is C18H19N3O2. The van der Waals surface area contributed by atoms with E-state index in [1.165, 1.54) is 4.90 Å². The molecule has 0 atom stereocenters. The summed E-state index contributed by atoms with van der Waals surface area (Å²) in [7, 11) is 1.62. The molecular weight excluding hydrogens is 290 g/mol. The fourth-order valence-electron chi connectivity index (χ4n) is 1.91. The summed E-state index contributed by atoms with van der Waals surface area (Å²) < 4.78 is 5.34. The van der Waals surface area contributed by atoms with Gasteiger partial charge in [-0.3, -0.25) is 4.90 Å². The van der Waals surface area contributed by atoms with Gasteiger partial charge in [-0.1, -0.05) is 18.2 Å². The van der Waals surface area contributed by atoms with Gasteiger partial charge >= 0.3 is 6.09 Å². The molecule has 1 aromatic heterocycles. The summed E-state index contributed by atoms with van der Waals surface area (Å²) in [6.45, 7) is 5.46. The molecule has 0 aliphatic heterocycles. The molecule has 0 fully saturated rings. The van der Waals surface area contributed by atoms with Crippen LogP contribution in [0.4, 0.5) is 10.6 Å². The van der Waals surface area contributed by atoms with Gasteiger partial charge in [-0.05, 0) is 45.0 Å². The summed E-state index contributed by atoms with van der Waals surface area (Å²) in [5.74, 6) is 0.501. The lowest BCUT2D eigenvalue weighted by Crippen LogP contribution is -2.34. The van der Waals surface area contributed by atoms with Crippen LogP contribution in [0.5, 0.6) is 0 Å². The second kappa shape index (κ2) is 6.49. The molecule has 118 valence electrons. The van der Waals surface area contributed by atoms with Crippen molar-refractivity contribution in [1.82, 2.24) is 4.98 Å². The van der Waals surface area contributed by atoms with E-state index in [-0.39, 0.29) is 0 Å². The minimum Gasteiger partial charge on any atom is -0.443 e. The number of aromatic nitrogens is 1. The predicted molar refractivity (Wildman–Crippen MR) is 89.0 cm³/mol. The van der Waals surface area contributed by atoms with Crippen molar-refractivity contribution in [1.29, 1.82) is 5.26 Å². The minimum atomic E-state index is -0.559. The largest absolute Gasteiger partial charge is 0.443 e. The third kappa shape index (κ3) is 4.30. The number of rotatable bonds is 2. The summed E-state index contributed by atoms with van der Waals surface area (Å²) in [4.78, 5) is 18.0. The van der Waals surface area contributed by atoms with Crippen molar-refractivity contribution in [3.63, 3.8) is 0 Å². The van der Waals surface area contributed by atoms with Crippen molar-refractivity contribution in [3.8, 4) is 17.3 Å². The molecule has 0 bridgehead atoms. The van der Waals surface area contributed by atoms with Gasteiger partial charge < -0.3 is 4.74 Å². The molecule has 0 N–H and O–H groups in total. The molecule has 5 heteroatoms. The highest BCUT2D eigenvalue weighted by Crippen LogP contribution is 2.21. The Balaban J connectivity index is 2.25.